The summed E-state index contributed by atoms with van der Waals surface area (Å²) in [7, 11) is 0. The molecular formula is C18H18FNO4. The van der Waals surface area contributed by atoms with E-state index < -0.39 is 11.9 Å². The van der Waals surface area contributed by atoms with Crippen LogP contribution in [0.3, 0.4) is 0 Å². The lowest BCUT2D eigenvalue weighted by atomic mass is 10.1. The van der Waals surface area contributed by atoms with Crippen molar-refractivity contribution >= 4 is 11.9 Å². The van der Waals surface area contributed by atoms with Gasteiger partial charge in [0, 0.05) is 6.54 Å². The van der Waals surface area contributed by atoms with Gasteiger partial charge >= 0.3 is 5.97 Å². The molecule has 0 heterocycles. The molecule has 24 heavy (non-hydrogen) atoms. The lowest BCUT2D eigenvalue weighted by Gasteiger charge is -2.07. The van der Waals surface area contributed by atoms with Gasteiger partial charge in [0.15, 0.2) is 6.61 Å². The summed E-state index contributed by atoms with van der Waals surface area (Å²) in [4.78, 5) is 23.2. The van der Waals surface area contributed by atoms with Crippen molar-refractivity contribution in [1.29, 1.82) is 0 Å². The Morgan fingerprint density at radius 2 is 1.79 bits per heavy atom. The van der Waals surface area contributed by atoms with E-state index >= 15 is 0 Å². The second kappa shape index (κ2) is 8.67. The number of aromatic hydroxyl groups is 1. The maximum atomic E-state index is 13.4. The molecule has 0 aromatic heterocycles. The molecule has 0 saturated heterocycles. The van der Waals surface area contributed by atoms with Crippen molar-refractivity contribution in [2.45, 2.75) is 12.8 Å². The van der Waals surface area contributed by atoms with Gasteiger partial charge in [-0.3, -0.25) is 9.59 Å². The van der Waals surface area contributed by atoms with Crippen LogP contribution in [-0.2, 0) is 27.2 Å². The zero-order valence-corrected chi connectivity index (χ0v) is 13.0. The van der Waals surface area contributed by atoms with E-state index in [9.17, 15) is 14.0 Å². The molecule has 0 bridgehead atoms. The number of carbonyl (C=O) groups is 2. The highest BCUT2D eigenvalue weighted by Crippen LogP contribution is 2.10. The number of nitrogens with one attached hydrogen (secondary N) is 1. The van der Waals surface area contributed by atoms with Crippen molar-refractivity contribution < 1.29 is 23.8 Å². The minimum absolute atomic E-state index is 0.0167. The van der Waals surface area contributed by atoms with Crippen molar-refractivity contribution in [3.63, 3.8) is 0 Å². The SMILES string of the molecule is O=C(COC(=O)Cc1ccc(O)cc1)NCCc1ccccc1F. The number of rotatable bonds is 7. The first-order valence-electron chi connectivity index (χ1n) is 7.48. The Kier molecular flexibility index (Phi) is 6.31. The zero-order chi connectivity index (χ0) is 17.4. The Morgan fingerprint density at radius 1 is 1.08 bits per heavy atom. The molecule has 0 radical (unpaired) electrons. The van der Waals surface area contributed by atoms with Crippen molar-refractivity contribution in [3.05, 3.63) is 65.5 Å². The van der Waals surface area contributed by atoms with E-state index in [-0.39, 0.29) is 31.1 Å². The molecule has 1 amide bonds. The van der Waals surface area contributed by atoms with Crippen LogP contribution in [-0.4, -0.2) is 30.1 Å². The van der Waals surface area contributed by atoms with Crippen LogP contribution in [0.25, 0.3) is 0 Å². The van der Waals surface area contributed by atoms with Gasteiger partial charge < -0.3 is 15.2 Å². The third-order valence-corrected chi connectivity index (χ3v) is 3.32. The van der Waals surface area contributed by atoms with Crippen molar-refractivity contribution in [2.75, 3.05) is 13.2 Å². The number of amides is 1. The fraction of sp³-hybridized carbons (Fsp3) is 0.222. The first kappa shape index (κ1) is 17.5. The highest BCUT2D eigenvalue weighted by atomic mass is 19.1. The molecular weight excluding hydrogens is 313 g/mol. The maximum Gasteiger partial charge on any atom is 0.310 e. The van der Waals surface area contributed by atoms with Crippen LogP contribution < -0.4 is 5.32 Å². The lowest BCUT2D eigenvalue weighted by molar-refractivity contribution is -0.147. The van der Waals surface area contributed by atoms with Gasteiger partial charge in [0.1, 0.15) is 11.6 Å². The predicted octanol–water partition coefficient (Wildman–Crippen LogP) is 1.98. The van der Waals surface area contributed by atoms with E-state index in [1.807, 2.05) is 0 Å². The predicted molar refractivity (Wildman–Crippen MR) is 85.9 cm³/mol. The fourth-order valence-corrected chi connectivity index (χ4v) is 2.07. The first-order chi connectivity index (χ1) is 11.5. The summed E-state index contributed by atoms with van der Waals surface area (Å²) in [6, 6.07) is 12.5. The lowest BCUT2D eigenvalue weighted by Crippen LogP contribution is -2.30. The topological polar surface area (TPSA) is 75.6 Å². The highest BCUT2D eigenvalue weighted by molar-refractivity contribution is 5.81. The minimum Gasteiger partial charge on any atom is -0.508 e. The van der Waals surface area contributed by atoms with Gasteiger partial charge in [0.25, 0.3) is 5.91 Å². The molecule has 0 spiro atoms. The van der Waals surface area contributed by atoms with Crippen LogP contribution in [0.15, 0.2) is 48.5 Å². The summed E-state index contributed by atoms with van der Waals surface area (Å²) >= 11 is 0. The minimum atomic E-state index is -0.537. The molecule has 2 aromatic carbocycles. The molecule has 2 rings (SSSR count). The van der Waals surface area contributed by atoms with E-state index in [0.29, 0.717) is 17.5 Å². The molecule has 0 aliphatic carbocycles. The molecule has 0 fully saturated rings. The van der Waals surface area contributed by atoms with Gasteiger partial charge in [-0.1, -0.05) is 30.3 Å². The van der Waals surface area contributed by atoms with E-state index in [2.05, 4.69) is 5.32 Å². The average molecular weight is 331 g/mol. The molecule has 0 aliphatic rings. The molecule has 0 saturated carbocycles. The molecule has 2 N–H and O–H groups in total. The van der Waals surface area contributed by atoms with Gasteiger partial charge in [-0.2, -0.15) is 0 Å². The van der Waals surface area contributed by atoms with E-state index in [1.165, 1.54) is 18.2 Å². The van der Waals surface area contributed by atoms with Gasteiger partial charge in [0.2, 0.25) is 0 Å². The number of hydrogen-bond donors (Lipinski definition) is 2. The van der Waals surface area contributed by atoms with Crippen LogP contribution >= 0.6 is 0 Å². The second-order valence-electron chi connectivity index (χ2n) is 5.20. The van der Waals surface area contributed by atoms with Gasteiger partial charge in [0.05, 0.1) is 6.42 Å². The molecule has 5 nitrogen and oxygen atoms in total. The third-order valence-electron chi connectivity index (χ3n) is 3.32. The molecule has 0 atom stereocenters. The largest absolute Gasteiger partial charge is 0.508 e. The van der Waals surface area contributed by atoms with Crippen LogP contribution in [0.1, 0.15) is 11.1 Å². The number of phenolic OH excluding ortho intramolecular Hbond substituents is 1. The van der Waals surface area contributed by atoms with Gasteiger partial charge in [-0.25, -0.2) is 4.39 Å². The van der Waals surface area contributed by atoms with Crippen LogP contribution in [0, 0.1) is 5.82 Å². The smallest absolute Gasteiger partial charge is 0.310 e. The Bertz CT molecular complexity index is 700. The molecule has 0 aliphatic heterocycles. The van der Waals surface area contributed by atoms with Crippen LogP contribution in [0.2, 0.25) is 0 Å². The average Bonchev–Trinajstić information content (AvgIpc) is 2.57. The summed E-state index contributed by atoms with van der Waals surface area (Å²) in [6.45, 7) is -0.122. The van der Waals surface area contributed by atoms with Crippen molar-refractivity contribution in [2.24, 2.45) is 0 Å². The maximum absolute atomic E-state index is 13.4. The normalized spacial score (nSPS) is 10.2. The summed E-state index contributed by atoms with van der Waals surface area (Å²) in [5, 5.41) is 11.7. The van der Waals surface area contributed by atoms with E-state index in [0.717, 1.165) is 0 Å². The quantitative estimate of drug-likeness (QED) is 0.761. The third kappa shape index (κ3) is 5.72. The second-order valence-corrected chi connectivity index (χ2v) is 5.20. The molecule has 6 heteroatoms. The van der Waals surface area contributed by atoms with Gasteiger partial charge in [-0.15, -0.1) is 0 Å². The standard InChI is InChI=1S/C18H18FNO4/c19-16-4-2-1-3-14(16)9-10-20-17(22)12-24-18(23)11-13-5-7-15(21)8-6-13/h1-8,21H,9-12H2,(H,20,22). The number of benzene rings is 2. The Balaban J connectivity index is 1.66. The van der Waals surface area contributed by atoms with Crippen molar-refractivity contribution in [3.8, 4) is 5.75 Å². The van der Waals surface area contributed by atoms with E-state index in [4.69, 9.17) is 9.84 Å². The fourth-order valence-electron chi connectivity index (χ4n) is 2.07. The summed E-state index contributed by atoms with van der Waals surface area (Å²) in [5.74, 6) is -1.18. The Labute approximate surface area is 139 Å². The summed E-state index contributed by atoms with van der Waals surface area (Å²) in [5.41, 5.74) is 1.19. The first-order valence-corrected chi connectivity index (χ1v) is 7.48. The highest BCUT2D eigenvalue weighted by Gasteiger charge is 2.09. The number of hydrogen-bond acceptors (Lipinski definition) is 4. The monoisotopic (exact) mass is 331 g/mol. The molecule has 126 valence electrons. The summed E-state index contributed by atoms with van der Waals surface area (Å²) < 4.78 is 18.3. The number of ether oxygens (including phenoxy) is 1. The number of carbonyl (C=O) groups excluding carboxylic acids is 2. The van der Waals surface area contributed by atoms with E-state index in [1.54, 1.807) is 30.3 Å². The number of halogens is 1. The zero-order valence-electron chi connectivity index (χ0n) is 13.0. The van der Waals surface area contributed by atoms with Crippen LogP contribution in [0.5, 0.6) is 5.75 Å². The Morgan fingerprint density at radius 3 is 2.50 bits per heavy atom. The van der Waals surface area contributed by atoms with Crippen molar-refractivity contribution in [1.82, 2.24) is 5.32 Å². The summed E-state index contributed by atoms with van der Waals surface area (Å²) in [6.07, 6.45) is 0.378. The molecule has 2 aromatic rings. The Hall–Kier alpha value is -2.89. The molecule has 0 unspecified atom stereocenters. The number of esters is 1. The number of phenols is 1. The van der Waals surface area contributed by atoms with Gasteiger partial charge in [-0.05, 0) is 35.7 Å². The van der Waals surface area contributed by atoms with Crippen LogP contribution in [0.4, 0.5) is 4.39 Å².